The molecule has 0 unspecified atom stereocenters. The maximum atomic E-state index is 12.4. The van der Waals surface area contributed by atoms with Crippen LogP contribution in [0.2, 0.25) is 0 Å². The minimum atomic E-state index is -0.147. The lowest BCUT2D eigenvalue weighted by Crippen LogP contribution is -2.42. The molecule has 0 atom stereocenters. The zero-order chi connectivity index (χ0) is 20.1. The van der Waals surface area contributed by atoms with E-state index in [0.717, 1.165) is 35.3 Å². The maximum absolute atomic E-state index is 12.4. The van der Waals surface area contributed by atoms with E-state index in [4.69, 9.17) is 5.10 Å². The number of carbonyl (C=O) groups excluding carboxylic acids is 2. The van der Waals surface area contributed by atoms with Crippen molar-refractivity contribution >= 4 is 11.8 Å². The van der Waals surface area contributed by atoms with Crippen LogP contribution in [-0.2, 0) is 16.1 Å². The molecule has 2 aromatic carbocycles. The summed E-state index contributed by atoms with van der Waals surface area (Å²) in [7, 11) is 0. The van der Waals surface area contributed by atoms with Crippen LogP contribution in [0, 0.1) is 0 Å². The van der Waals surface area contributed by atoms with Crippen LogP contribution in [0.25, 0.3) is 16.9 Å². The largest absolute Gasteiger partial charge is 0.350 e. The molecule has 1 saturated heterocycles. The fourth-order valence-corrected chi connectivity index (χ4v) is 3.54. The number of likely N-dealkylation sites (tertiary alicyclic amines) is 1. The average Bonchev–Trinajstić information content (AvgIpc) is 3.20. The molecular formula is C23H24N4O2. The van der Waals surface area contributed by atoms with Crippen molar-refractivity contribution in [3.63, 3.8) is 0 Å². The number of hydrogen-bond acceptors (Lipinski definition) is 3. The summed E-state index contributed by atoms with van der Waals surface area (Å²) < 4.78 is 1.83. The Morgan fingerprint density at radius 2 is 1.72 bits per heavy atom. The van der Waals surface area contributed by atoms with Crippen molar-refractivity contribution in [1.82, 2.24) is 20.0 Å². The molecule has 1 aliphatic rings. The highest BCUT2D eigenvalue weighted by atomic mass is 16.2. The molecule has 29 heavy (non-hydrogen) atoms. The van der Waals surface area contributed by atoms with Crippen LogP contribution < -0.4 is 5.32 Å². The number of para-hydroxylation sites is 1. The third-order valence-electron chi connectivity index (χ3n) is 5.09. The fraction of sp³-hybridized carbons (Fsp3) is 0.261. The normalized spacial score (nSPS) is 14.1. The number of hydrogen-bond donors (Lipinski definition) is 1. The van der Waals surface area contributed by atoms with Gasteiger partial charge in [0.25, 0.3) is 0 Å². The first kappa shape index (κ1) is 18.9. The second-order valence-electron chi connectivity index (χ2n) is 7.20. The van der Waals surface area contributed by atoms with Crippen molar-refractivity contribution in [3.05, 3.63) is 72.4 Å². The SMILES string of the molecule is O=C(CN1CCCCC1=O)NCc1cn(-c2ccccc2)nc1-c1ccccc1. The number of carbonyl (C=O) groups is 2. The Hall–Kier alpha value is -3.41. The van der Waals surface area contributed by atoms with E-state index in [1.165, 1.54) is 0 Å². The summed E-state index contributed by atoms with van der Waals surface area (Å²) in [5.41, 5.74) is 3.72. The standard InChI is InChI=1S/C23H24N4O2/c28-21(17-26-14-8-7-13-22(26)29)24-15-19-16-27(20-11-5-2-6-12-20)25-23(19)18-9-3-1-4-10-18/h1-6,9-12,16H,7-8,13-15,17H2,(H,24,28). The van der Waals surface area contributed by atoms with Gasteiger partial charge in [-0.1, -0.05) is 48.5 Å². The van der Waals surface area contributed by atoms with Crippen LogP contribution in [-0.4, -0.2) is 39.6 Å². The number of nitrogens with zero attached hydrogens (tertiary/aromatic N) is 3. The highest BCUT2D eigenvalue weighted by Gasteiger charge is 2.20. The third kappa shape index (κ3) is 4.54. The topological polar surface area (TPSA) is 67.2 Å². The number of rotatable bonds is 6. The van der Waals surface area contributed by atoms with Gasteiger partial charge in [-0.3, -0.25) is 9.59 Å². The lowest BCUT2D eigenvalue weighted by Gasteiger charge is -2.25. The van der Waals surface area contributed by atoms with Crippen molar-refractivity contribution < 1.29 is 9.59 Å². The molecule has 1 N–H and O–H groups in total. The molecule has 2 amide bonds. The van der Waals surface area contributed by atoms with Crippen LogP contribution in [0.4, 0.5) is 0 Å². The molecule has 6 heteroatoms. The fourth-order valence-electron chi connectivity index (χ4n) is 3.54. The van der Waals surface area contributed by atoms with E-state index in [1.807, 2.05) is 71.5 Å². The quantitative estimate of drug-likeness (QED) is 0.705. The van der Waals surface area contributed by atoms with Crippen LogP contribution >= 0.6 is 0 Å². The zero-order valence-corrected chi connectivity index (χ0v) is 16.3. The van der Waals surface area contributed by atoms with Crippen molar-refractivity contribution in [2.75, 3.05) is 13.1 Å². The average molecular weight is 388 g/mol. The highest BCUT2D eigenvalue weighted by Crippen LogP contribution is 2.23. The van der Waals surface area contributed by atoms with Gasteiger partial charge in [0.1, 0.15) is 0 Å². The van der Waals surface area contributed by atoms with Gasteiger partial charge in [-0.2, -0.15) is 5.10 Å². The van der Waals surface area contributed by atoms with Gasteiger partial charge < -0.3 is 10.2 Å². The van der Waals surface area contributed by atoms with Crippen LogP contribution in [0.15, 0.2) is 66.9 Å². The second kappa shape index (κ2) is 8.73. The summed E-state index contributed by atoms with van der Waals surface area (Å²) in [6.07, 6.45) is 4.36. The Labute approximate surface area is 170 Å². The number of piperidine rings is 1. The van der Waals surface area contributed by atoms with Gasteiger partial charge in [-0.15, -0.1) is 0 Å². The number of nitrogens with one attached hydrogen (secondary N) is 1. The van der Waals surface area contributed by atoms with E-state index in [2.05, 4.69) is 5.32 Å². The number of amides is 2. The molecule has 2 heterocycles. The highest BCUT2D eigenvalue weighted by molar-refractivity contribution is 5.85. The second-order valence-corrected chi connectivity index (χ2v) is 7.20. The van der Waals surface area contributed by atoms with E-state index in [9.17, 15) is 9.59 Å². The Kier molecular flexibility index (Phi) is 5.70. The first-order valence-corrected chi connectivity index (χ1v) is 9.94. The predicted molar refractivity (Wildman–Crippen MR) is 111 cm³/mol. The Balaban J connectivity index is 1.52. The lowest BCUT2D eigenvalue weighted by atomic mass is 10.1. The minimum Gasteiger partial charge on any atom is -0.350 e. The van der Waals surface area contributed by atoms with Gasteiger partial charge in [-0.25, -0.2) is 4.68 Å². The molecule has 1 aliphatic heterocycles. The van der Waals surface area contributed by atoms with Gasteiger partial charge in [0.05, 0.1) is 17.9 Å². The smallest absolute Gasteiger partial charge is 0.239 e. The molecule has 0 aliphatic carbocycles. The van der Waals surface area contributed by atoms with Gasteiger partial charge in [-0.05, 0) is 25.0 Å². The molecule has 6 nitrogen and oxygen atoms in total. The van der Waals surface area contributed by atoms with Gasteiger partial charge in [0.15, 0.2) is 0 Å². The predicted octanol–water partition coefficient (Wildman–Crippen LogP) is 3.17. The van der Waals surface area contributed by atoms with E-state index in [-0.39, 0.29) is 18.4 Å². The van der Waals surface area contributed by atoms with E-state index >= 15 is 0 Å². The minimum absolute atomic E-state index is 0.0632. The molecule has 3 aromatic rings. The molecule has 1 fully saturated rings. The van der Waals surface area contributed by atoms with E-state index in [0.29, 0.717) is 19.5 Å². The summed E-state index contributed by atoms with van der Waals surface area (Å²) in [5.74, 6) is -0.0833. The maximum Gasteiger partial charge on any atom is 0.239 e. The molecule has 0 spiro atoms. The van der Waals surface area contributed by atoms with Gasteiger partial charge >= 0.3 is 0 Å². The van der Waals surface area contributed by atoms with Crippen molar-refractivity contribution in [2.45, 2.75) is 25.8 Å². The van der Waals surface area contributed by atoms with E-state index in [1.54, 1.807) is 4.90 Å². The third-order valence-corrected chi connectivity index (χ3v) is 5.09. The molecule has 0 saturated carbocycles. The lowest BCUT2D eigenvalue weighted by molar-refractivity contribution is -0.137. The van der Waals surface area contributed by atoms with Crippen LogP contribution in [0.3, 0.4) is 0 Å². The molecule has 4 rings (SSSR count). The molecular weight excluding hydrogens is 364 g/mol. The summed E-state index contributed by atoms with van der Waals surface area (Å²) in [4.78, 5) is 26.0. The monoisotopic (exact) mass is 388 g/mol. The Morgan fingerprint density at radius 1 is 1.00 bits per heavy atom. The van der Waals surface area contributed by atoms with Gasteiger partial charge in [0.2, 0.25) is 11.8 Å². The Morgan fingerprint density at radius 3 is 2.45 bits per heavy atom. The first-order chi connectivity index (χ1) is 14.2. The molecule has 0 bridgehead atoms. The molecule has 0 radical (unpaired) electrons. The summed E-state index contributed by atoms with van der Waals surface area (Å²) in [6.45, 7) is 1.14. The van der Waals surface area contributed by atoms with Crippen molar-refractivity contribution in [3.8, 4) is 16.9 Å². The van der Waals surface area contributed by atoms with Crippen molar-refractivity contribution in [2.24, 2.45) is 0 Å². The molecule has 148 valence electrons. The number of aromatic nitrogens is 2. The molecule has 1 aromatic heterocycles. The first-order valence-electron chi connectivity index (χ1n) is 9.94. The van der Waals surface area contributed by atoms with Crippen molar-refractivity contribution in [1.29, 1.82) is 0 Å². The van der Waals surface area contributed by atoms with Crippen LogP contribution in [0.1, 0.15) is 24.8 Å². The Bertz CT molecular complexity index is 983. The summed E-state index contributed by atoms with van der Waals surface area (Å²) in [6, 6.07) is 19.8. The summed E-state index contributed by atoms with van der Waals surface area (Å²) in [5, 5.41) is 7.71. The zero-order valence-electron chi connectivity index (χ0n) is 16.3. The van der Waals surface area contributed by atoms with Gasteiger partial charge in [0, 0.05) is 36.8 Å². The van der Waals surface area contributed by atoms with E-state index < -0.39 is 0 Å². The van der Waals surface area contributed by atoms with Crippen LogP contribution in [0.5, 0.6) is 0 Å². The number of benzene rings is 2. The summed E-state index contributed by atoms with van der Waals surface area (Å²) >= 11 is 0.